The molecule has 0 heterocycles. The van der Waals surface area contributed by atoms with E-state index in [1.165, 1.54) is 0 Å². The van der Waals surface area contributed by atoms with E-state index in [1.807, 2.05) is 4.90 Å². The van der Waals surface area contributed by atoms with Crippen LogP contribution in [0, 0.1) is 11.3 Å². The van der Waals surface area contributed by atoms with E-state index < -0.39 is 0 Å². The monoisotopic (exact) mass is 310 g/mol. The van der Waals surface area contributed by atoms with Gasteiger partial charge in [-0.3, -0.25) is 9.69 Å². The second-order valence-electron chi connectivity index (χ2n) is 4.46. The molecule has 0 aromatic heterocycles. The summed E-state index contributed by atoms with van der Waals surface area (Å²) in [7, 11) is 1.60. The average molecular weight is 311 g/mol. The highest BCUT2D eigenvalue weighted by atomic mass is 35.5. The number of anilines is 2. The molecule has 1 rings (SSSR count). The van der Waals surface area contributed by atoms with Gasteiger partial charge in [0.15, 0.2) is 0 Å². The Hall–Kier alpha value is -1.81. The molecular formula is C14H19ClN4O2. The number of hydrogen-bond donors (Lipinski definition) is 2. The van der Waals surface area contributed by atoms with Crippen molar-refractivity contribution in [3.63, 3.8) is 0 Å². The van der Waals surface area contributed by atoms with Gasteiger partial charge < -0.3 is 15.8 Å². The van der Waals surface area contributed by atoms with Crippen molar-refractivity contribution in [2.75, 3.05) is 44.4 Å². The van der Waals surface area contributed by atoms with E-state index in [1.54, 1.807) is 25.3 Å². The van der Waals surface area contributed by atoms with Gasteiger partial charge in [0.1, 0.15) is 0 Å². The molecule has 7 heteroatoms. The quantitative estimate of drug-likeness (QED) is 0.713. The number of rotatable bonds is 8. The molecular weight excluding hydrogens is 292 g/mol. The minimum Gasteiger partial charge on any atom is -0.397 e. The van der Waals surface area contributed by atoms with Gasteiger partial charge in [0.25, 0.3) is 0 Å². The maximum absolute atomic E-state index is 12.0. The molecule has 0 unspecified atom stereocenters. The van der Waals surface area contributed by atoms with Gasteiger partial charge >= 0.3 is 0 Å². The molecule has 1 aromatic carbocycles. The normalized spacial score (nSPS) is 10.4. The fourth-order valence-corrected chi connectivity index (χ4v) is 1.84. The van der Waals surface area contributed by atoms with Gasteiger partial charge in [-0.1, -0.05) is 11.6 Å². The van der Waals surface area contributed by atoms with Crippen molar-refractivity contribution >= 4 is 28.9 Å². The SMILES string of the molecule is COCCN(CCC#N)CC(=O)Nc1ccc(Cl)c(N)c1. The van der Waals surface area contributed by atoms with Gasteiger partial charge in [-0.15, -0.1) is 0 Å². The van der Waals surface area contributed by atoms with E-state index in [-0.39, 0.29) is 12.5 Å². The van der Waals surface area contributed by atoms with Crippen LogP contribution in [0.3, 0.4) is 0 Å². The molecule has 0 atom stereocenters. The van der Waals surface area contributed by atoms with Crippen LogP contribution in [0.2, 0.25) is 5.02 Å². The van der Waals surface area contributed by atoms with E-state index in [4.69, 9.17) is 27.3 Å². The number of nitrogens with zero attached hydrogens (tertiary/aromatic N) is 2. The van der Waals surface area contributed by atoms with Crippen molar-refractivity contribution < 1.29 is 9.53 Å². The van der Waals surface area contributed by atoms with Crippen molar-refractivity contribution in [2.24, 2.45) is 0 Å². The van der Waals surface area contributed by atoms with E-state index in [2.05, 4.69) is 11.4 Å². The molecule has 0 bridgehead atoms. The van der Waals surface area contributed by atoms with Crippen LogP contribution >= 0.6 is 11.6 Å². The second-order valence-corrected chi connectivity index (χ2v) is 4.87. The Morgan fingerprint density at radius 1 is 1.52 bits per heavy atom. The average Bonchev–Trinajstić information content (AvgIpc) is 2.45. The van der Waals surface area contributed by atoms with Crippen LogP contribution in [0.4, 0.5) is 11.4 Å². The number of amides is 1. The third-order valence-electron chi connectivity index (χ3n) is 2.80. The topological polar surface area (TPSA) is 91.4 Å². The standard InChI is InChI=1S/C14H19ClN4O2/c1-21-8-7-19(6-2-5-16)10-14(20)18-11-3-4-12(15)13(17)9-11/h3-4,9H,2,6-8,10,17H2,1H3,(H,18,20). The number of nitrogens with two attached hydrogens (primary N) is 1. The van der Waals surface area contributed by atoms with Crippen LogP contribution < -0.4 is 11.1 Å². The summed E-state index contributed by atoms with van der Waals surface area (Å²) >= 11 is 5.83. The van der Waals surface area contributed by atoms with Gasteiger partial charge in [0, 0.05) is 32.3 Å². The van der Waals surface area contributed by atoms with E-state index >= 15 is 0 Å². The lowest BCUT2D eigenvalue weighted by Gasteiger charge is -2.20. The number of halogens is 1. The summed E-state index contributed by atoms with van der Waals surface area (Å²) in [6.45, 7) is 1.81. The Morgan fingerprint density at radius 2 is 2.29 bits per heavy atom. The molecule has 21 heavy (non-hydrogen) atoms. The zero-order chi connectivity index (χ0) is 15.7. The number of hydrogen-bond acceptors (Lipinski definition) is 5. The number of ether oxygens (including phenoxy) is 1. The van der Waals surface area contributed by atoms with Gasteiger partial charge in [-0.05, 0) is 18.2 Å². The number of nitriles is 1. The second kappa shape index (κ2) is 9.19. The molecule has 0 spiro atoms. The van der Waals surface area contributed by atoms with Crippen LogP contribution in [0.1, 0.15) is 6.42 Å². The molecule has 0 fully saturated rings. The van der Waals surface area contributed by atoms with Crippen molar-refractivity contribution in [3.05, 3.63) is 23.2 Å². The molecule has 6 nitrogen and oxygen atoms in total. The summed E-state index contributed by atoms with van der Waals surface area (Å²) in [4.78, 5) is 13.9. The van der Waals surface area contributed by atoms with E-state index in [0.717, 1.165) is 0 Å². The maximum Gasteiger partial charge on any atom is 0.238 e. The van der Waals surface area contributed by atoms with Gasteiger partial charge in [0.05, 0.1) is 29.9 Å². The molecule has 0 radical (unpaired) electrons. The van der Waals surface area contributed by atoms with Crippen LogP contribution in [-0.4, -0.2) is 44.2 Å². The minimum atomic E-state index is -0.175. The molecule has 0 aliphatic carbocycles. The first-order valence-corrected chi connectivity index (χ1v) is 6.87. The Labute approximate surface area is 129 Å². The Kier molecular flexibility index (Phi) is 7.54. The summed E-state index contributed by atoms with van der Waals surface area (Å²) in [5, 5.41) is 11.8. The lowest BCUT2D eigenvalue weighted by atomic mass is 10.2. The molecule has 0 saturated carbocycles. The summed E-state index contributed by atoms with van der Waals surface area (Å²) in [5.74, 6) is -0.175. The molecule has 114 valence electrons. The zero-order valence-electron chi connectivity index (χ0n) is 11.9. The Bertz CT molecular complexity index is 516. The Morgan fingerprint density at radius 3 is 2.90 bits per heavy atom. The first kappa shape index (κ1) is 17.2. The third-order valence-corrected chi connectivity index (χ3v) is 3.14. The highest BCUT2D eigenvalue weighted by Gasteiger charge is 2.11. The molecule has 0 aliphatic heterocycles. The van der Waals surface area contributed by atoms with Crippen molar-refractivity contribution in [1.29, 1.82) is 5.26 Å². The molecule has 3 N–H and O–H groups in total. The fourth-order valence-electron chi connectivity index (χ4n) is 1.72. The zero-order valence-corrected chi connectivity index (χ0v) is 12.7. The van der Waals surface area contributed by atoms with Gasteiger partial charge in [0.2, 0.25) is 5.91 Å². The highest BCUT2D eigenvalue weighted by Crippen LogP contribution is 2.22. The first-order valence-electron chi connectivity index (χ1n) is 6.50. The maximum atomic E-state index is 12.0. The number of nitrogen functional groups attached to an aromatic ring is 1. The lowest BCUT2D eigenvalue weighted by Crippen LogP contribution is -2.36. The van der Waals surface area contributed by atoms with Crippen molar-refractivity contribution in [1.82, 2.24) is 4.90 Å². The van der Waals surface area contributed by atoms with E-state index in [0.29, 0.717) is 42.5 Å². The predicted molar refractivity (Wildman–Crippen MR) is 83.0 cm³/mol. The third kappa shape index (κ3) is 6.45. The molecule has 0 saturated heterocycles. The van der Waals surface area contributed by atoms with Crippen molar-refractivity contribution in [3.8, 4) is 6.07 Å². The summed E-state index contributed by atoms with van der Waals surface area (Å²) in [6, 6.07) is 6.99. The largest absolute Gasteiger partial charge is 0.397 e. The number of methoxy groups -OCH3 is 1. The first-order chi connectivity index (χ1) is 10.1. The number of carbonyl (C=O) groups is 1. The van der Waals surface area contributed by atoms with E-state index in [9.17, 15) is 4.79 Å². The van der Waals surface area contributed by atoms with Gasteiger partial charge in [-0.25, -0.2) is 0 Å². The summed E-state index contributed by atoms with van der Waals surface area (Å²) < 4.78 is 4.99. The highest BCUT2D eigenvalue weighted by molar-refractivity contribution is 6.33. The molecule has 1 amide bonds. The molecule has 1 aromatic rings. The lowest BCUT2D eigenvalue weighted by molar-refractivity contribution is -0.117. The summed E-state index contributed by atoms with van der Waals surface area (Å²) in [6.07, 6.45) is 0.366. The van der Waals surface area contributed by atoms with Crippen LogP contribution in [0.25, 0.3) is 0 Å². The molecule has 0 aliphatic rings. The fraction of sp³-hybridized carbons (Fsp3) is 0.429. The van der Waals surface area contributed by atoms with Crippen LogP contribution in [0.15, 0.2) is 18.2 Å². The minimum absolute atomic E-state index is 0.175. The Balaban J connectivity index is 2.55. The van der Waals surface area contributed by atoms with Crippen LogP contribution in [0.5, 0.6) is 0 Å². The number of carbonyl (C=O) groups excluding carboxylic acids is 1. The van der Waals surface area contributed by atoms with Gasteiger partial charge in [-0.2, -0.15) is 5.26 Å². The number of nitrogens with one attached hydrogen (secondary N) is 1. The smallest absolute Gasteiger partial charge is 0.238 e. The summed E-state index contributed by atoms with van der Waals surface area (Å²) in [5.41, 5.74) is 6.69. The predicted octanol–water partition coefficient (Wildman–Crippen LogP) is 1.72. The van der Waals surface area contributed by atoms with Crippen LogP contribution in [-0.2, 0) is 9.53 Å². The van der Waals surface area contributed by atoms with Crippen molar-refractivity contribution in [2.45, 2.75) is 6.42 Å². The number of benzene rings is 1.